The molecule has 7 heteroatoms. The van der Waals surface area contributed by atoms with Crippen molar-refractivity contribution in [3.8, 4) is 5.69 Å². The molecule has 6 nitrogen and oxygen atoms in total. The van der Waals surface area contributed by atoms with Crippen molar-refractivity contribution in [2.75, 3.05) is 31.1 Å². The van der Waals surface area contributed by atoms with Crippen LogP contribution in [0.3, 0.4) is 0 Å². The summed E-state index contributed by atoms with van der Waals surface area (Å²) in [4.78, 5) is 32.5. The number of piperazine rings is 1. The van der Waals surface area contributed by atoms with E-state index in [0.717, 1.165) is 41.8 Å². The third kappa shape index (κ3) is 4.10. The summed E-state index contributed by atoms with van der Waals surface area (Å²) in [6.45, 7) is 4.21. The molecule has 4 rings (SSSR count). The van der Waals surface area contributed by atoms with Crippen LogP contribution in [-0.4, -0.2) is 40.6 Å². The first-order valence-corrected chi connectivity index (χ1v) is 10.0. The largest absolute Gasteiger partial charge is 0.355 e. The topological polar surface area (TPSA) is 61.3 Å². The van der Waals surface area contributed by atoms with Gasteiger partial charge in [-0.2, -0.15) is 0 Å². The standard InChI is InChI=1S/C21H21BrN4O2/c22-17-6-8-18(9-7-17)26-20(27)14-19(23-21(26)28)25-12-10-24(11-13-25)15-16-4-2-1-3-5-16/h1-9,14H,10-13,15H2,(H,23,28). The van der Waals surface area contributed by atoms with Gasteiger partial charge in [-0.1, -0.05) is 46.3 Å². The van der Waals surface area contributed by atoms with E-state index in [1.54, 1.807) is 24.3 Å². The molecule has 1 fully saturated rings. The van der Waals surface area contributed by atoms with Crippen molar-refractivity contribution in [3.63, 3.8) is 0 Å². The van der Waals surface area contributed by atoms with Gasteiger partial charge in [-0.3, -0.25) is 14.7 Å². The number of aromatic nitrogens is 2. The zero-order valence-corrected chi connectivity index (χ0v) is 16.9. The van der Waals surface area contributed by atoms with Crippen molar-refractivity contribution in [2.24, 2.45) is 0 Å². The van der Waals surface area contributed by atoms with E-state index in [1.165, 1.54) is 11.6 Å². The zero-order valence-electron chi connectivity index (χ0n) is 15.3. The summed E-state index contributed by atoms with van der Waals surface area (Å²) in [5, 5.41) is 0. The van der Waals surface area contributed by atoms with Crippen LogP contribution >= 0.6 is 15.9 Å². The number of H-pyrrole nitrogens is 1. The van der Waals surface area contributed by atoms with Crippen molar-refractivity contribution in [2.45, 2.75) is 6.54 Å². The van der Waals surface area contributed by atoms with Gasteiger partial charge in [0.15, 0.2) is 0 Å². The Morgan fingerprint density at radius 1 is 0.893 bits per heavy atom. The highest BCUT2D eigenvalue weighted by Gasteiger charge is 2.19. The summed E-state index contributed by atoms with van der Waals surface area (Å²) in [6.07, 6.45) is 0. The third-order valence-electron chi connectivity index (χ3n) is 4.97. The minimum atomic E-state index is -0.420. The number of rotatable bonds is 4. The van der Waals surface area contributed by atoms with Gasteiger partial charge in [0.2, 0.25) is 0 Å². The number of nitrogens with zero attached hydrogens (tertiary/aromatic N) is 3. The lowest BCUT2D eigenvalue weighted by Gasteiger charge is -2.35. The lowest BCUT2D eigenvalue weighted by molar-refractivity contribution is 0.249. The summed E-state index contributed by atoms with van der Waals surface area (Å²) in [5.74, 6) is 0.586. The van der Waals surface area contributed by atoms with Crippen LogP contribution in [0.4, 0.5) is 5.82 Å². The van der Waals surface area contributed by atoms with E-state index in [-0.39, 0.29) is 5.56 Å². The van der Waals surface area contributed by atoms with Crippen LogP contribution < -0.4 is 16.1 Å². The first-order valence-electron chi connectivity index (χ1n) is 9.24. The smallest absolute Gasteiger partial charge is 0.334 e. The number of anilines is 1. The van der Waals surface area contributed by atoms with E-state index in [2.05, 4.69) is 55.0 Å². The molecule has 2 aromatic carbocycles. The molecule has 3 aromatic rings. The maximum atomic E-state index is 12.6. The summed E-state index contributed by atoms with van der Waals surface area (Å²) in [7, 11) is 0. The van der Waals surface area contributed by atoms with E-state index in [4.69, 9.17) is 0 Å². The average Bonchev–Trinajstić information content (AvgIpc) is 2.70. The van der Waals surface area contributed by atoms with Crippen LogP contribution in [0.1, 0.15) is 5.56 Å². The van der Waals surface area contributed by atoms with Gasteiger partial charge >= 0.3 is 5.69 Å². The van der Waals surface area contributed by atoms with E-state index in [9.17, 15) is 9.59 Å². The third-order valence-corrected chi connectivity index (χ3v) is 5.49. The molecule has 0 atom stereocenters. The van der Waals surface area contributed by atoms with Gasteiger partial charge in [0.25, 0.3) is 5.56 Å². The Kier molecular flexibility index (Phi) is 5.45. The molecule has 28 heavy (non-hydrogen) atoms. The van der Waals surface area contributed by atoms with Crippen molar-refractivity contribution < 1.29 is 0 Å². The lowest BCUT2D eigenvalue weighted by Crippen LogP contribution is -2.47. The van der Waals surface area contributed by atoms with Gasteiger partial charge in [0.05, 0.1) is 5.69 Å². The molecule has 1 aliphatic rings. The van der Waals surface area contributed by atoms with Gasteiger partial charge in [-0.05, 0) is 29.8 Å². The second-order valence-corrected chi connectivity index (χ2v) is 7.77. The Morgan fingerprint density at radius 3 is 2.21 bits per heavy atom. The van der Waals surface area contributed by atoms with Crippen LogP contribution in [0.15, 0.2) is 74.7 Å². The van der Waals surface area contributed by atoms with E-state index >= 15 is 0 Å². The molecule has 0 saturated carbocycles. The van der Waals surface area contributed by atoms with Gasteiger partial charge in [-0.15, -0.1) is 0 Å². The number of nitrogens with one attached hydrogen (secondary N) is 1. The van der Waals surface area contributed by atoms with E-state index in [0.29, 0.717) is 11.5 Å². The molecule has 1 aliphatic heterocycles. The summed E-state index contributed by atoms with van der Waals surface area (Å²) >= 11 is 3.36. The minimum absolute atomic E-state index is 0.326. The van der Waals surface area contributed by atoms with Gasteiger partial charge in [0, 0.05) is 43.3 Å². The molecular formula is C21H21BrN4O2. The van der Waals surface area contributed by atoms with Crippen LogP contribution in [0.25, 0.3) is 5.69 Å². The average molecular weight is 441 g/mol. The molecule has 0 spiro atoms. The van der Waals surface area contributed by atoms with Gasteiger partial charge < -0.3 is 4.90 Å². The van der Waals surface area contributed by atoms with Crippen molar-refractivity contribution in [3.05, 3.63) is 91.5 Å². The van der Waals surface area contributed by atoms with Crippen molar-refractivity contribution in [1.82, 2.24) is 14.5 Å². The second kappa shape index (κ2) is 8.16. The summed E-state index contributed by atoms with van der Waals surface area (Å²) in [6, 6.07) is 19.0. The van der Waals surface area contributed by atoms with E-state index < -0.39 is 5.69 Å². The lowest BCUT2D eigenvalue weighted by atomic mass is 10.2. The molecule has 2 heterocycles. The molecule has 0 radical (unpaired) electrons. The fourth-order valence-electron chi connectivity index (χ4n) is 3.48. The SMILES string of the molecule is O=c1cc(N2CCN(Cc3ccccc3)CC2)[nH]c(=O)n1-c1ccc(Br)cc1. The number of hydrogen-bond acceptors (Lipinski definition) is 4. The Morgan fingerprint density at radius 2 is 1.57 bits per heavy atom. The predicted octanol–water partition coefficient (Wildman–Crippen LogP) is 2.61. The molecule has 0 unspecified atom stereocenters. The monoisotopic (exact) mass is 440 g/mol. The number of aromatic amines is 1. The van der Waals surface area contributed by atoms with Crippen molar-refractivity contribution >= 4 is 21.7 Å². The Balaban J connectivity index is 1.48. The van der Waals surface area contributed by atoms with Crippen molar-refractivity contribution in [1.29, 1.82) is 0 Å². The molecular weight excluding hydrogens is 420 g/mol. The van der Waals surface area contributed by atoms with Gasteiger partial charge in [-0.25, -0.2) is 9.36 Å². The van der Waals surface area contributed by atoms with Crippen LogP contribution in [-0.2, 0) is 6.54 Å². The number of benzene rings is 2. The second-order valence-electron chi connectivity index (χ2n) is 6.86. The quantitative estimate of drug-likeness (QED) is 0.677. The molecule has 144 valence electrons. The fourth-order valence-corrected chi connectivity index (χ4v) is 3.74. The predicted molar refractivity (Wildman–Crippen MR) is 114 cm³/mol. The fraction of sp³-hybridized carbons (Fsp3) is 0.238. The minimum Gasteiger partial charge on any atom is -0.355 e. The number of hydrogen-bond donors (Lipinski definition) is 1. The number of halogens is 1. The maximum Gasteiger partial charge on any atom is 0.334 e. The molecule has 1 aromatic heterocycles. The first kappa shape index (κ1) is 18.7. The molecule has 0 amide bonds. The highest BCUT2D eigenvalue weighted by atomic mass is 79.9. The van der Waals surface area contributed by atoms with Crippen LogP contribution in [0.5, 0.6) is 0 Å². The first-order chi connectivity index (χ1) is 13.6. The molecule has 0 bridgehead atoms. The van der Waals surface area contributed by atoms with Crippen LogP contribution in [0, 0.1) is 0 Å². The molecule has 0 aliphatic carbocycles. The summed E-state index contributed by atoms with van der Waals surface area (Å²) < 4.78 is 2.05. The Bertz CT molecular complexity index is 1020. The van der Waals surface area contributed by atoms with Gasteiger partial charge in [0.1, 0.15) is 5.82 Å². The highest BCUT2D eigenvalue weighted by Crippen LogP contribution is 2.14. The normalized spacial score (nSPS) is 15.0. The van der Waals surface area contributed by atoms with E-state index in [1.807, 2.05) is 6.07 Å². The van der Waals surface area contributed by atoms with Crippen LogP contribution in [0.2, 0.25) is 0 Å². The Labute approximate surface area is 171 Å². The maximum absolute atomic E-state index is 12.6. The summed E-state index contributed by atoms with van der Waals surface area (Å²) in [5.41, 5.74) is 1.10. The zero-order chi connectivity index (χ0) is 19.5. The Hall–Kier alpha value is -2.64. The molecule has 1 saturated heterocycles. The highest BCUT2D eigenvalue weighted by molar-refractivity contribution is 9.10. The molecule has 1 N–H and O–H groups in total.